The summed E-state index contributed by atoms with van der Waals surface area (Å²) >= 11 is 0. The number of hydrogen-bond donors (Lipinski definition) is 2. The lowest BCUT2D eigenvalue weighted by Crippen LogP contribution is -2.14. The van der Waals surface area contributed by atoms with Crippen LogP contribution in [-0.2, 0) is 10.0 Å². The van der Waals surface area contributed by atoms with Crippen molar-refractivity contribution >= 4 is 21.4 Å². The second-order valence-corrected chi connectivity index (χ2v) is 8.16. The lowest BCUT2D eigenvalue weighted by atomic mass is 10.1. The average Bonchev–Trinajstić information content (AvgIpc) is 3.17. The zero-order valence-electron chi connectivity index (χ0n) is 15.2. The predicted molar refractivity (Wildman–Crippen MR) is 104 cm³/mol. The Morgan fingerprint density at radius 2 is 1.93 bits per heavy atom. The van der Waals surface area contributed by atoms with E-state index in [1.165, 1.54) is 0 Å². The summed E-state index contributed by atoms with van der Waals surface area (Å²) in [4.78, 5) is 4.81. The van der Waals surface area contributed by atoms with Gasteiger partial charge in [0, 0.05) is 23.6 Å². The molecule has 138 valence electrons. The second-order valence-electron chi connectivity index (χ2n) is 6.55. The van der Waals surface area contributed by atoms with Crippen LogP contribution in [0.4, 0.5) is 5.69 Å². The Kier molecular flexibility index (Phi) is 4.00. The van der Waals surface area contributed by atoms with Gasteiger partial charge in [0.15, 0.2) is 0 Å². The molecule has 0 atom stereocenters. The molecular formula is C19H19N5O2S. The van der Waals surface area contributed by atoms with E-state index in [0.29, 0.717) is 17.1 Å². The number of hydrogen-bond acceptors (Lipinski definition) is 4. The molecule has 27 heavy (non-hydrogen) atoms. The fraction of sp³-hybridized carbons (Fsp3) is 0.158. The number of rotatable bonds is 4. The van der Waals surface area contributed by atoms with Crippen molar-refractivity contribution < 1.29 is 8.42 Å². The Morgan fingerprint density at radius 3 is 2.67 bits per heavy atom. The molecule has 4 rings (SSSR count). The molecule has 0 saturated heterocycles. The minimum atomic E-state index is -3.73. The highest BCUT2D eigenvalue weighted by Crippen LogP contribution is 2.25. The van der Waals surface area contributed by atoms with Gasteiger partial charge >= 0.3 is 0 Å². The van der Waals surface area contributed by atoms with Crippen LogP contribution in [0.3, 0.4) is 0 Å². The van der Waals surface area contributed by atoms with Crippen LogP contribution in [-0.4, -0.2) is 28.0 Å². The summed E-state index contributed by atoms with van der Waals surface area (Å²) in [5.74, 6) is 0. The standard InChI is InChI=1S/C19H19N5O2S/c1-12-7-8-24-11-17(20-18(24)9-12)15-5-4-6-16(10-15)23-27(25,26)19-13(2)21-22-14(19)3/h4-11,23H,1-3H3,(H,21,22). The number of H-pyrrole nitrogens is 1. The van der Waals surface area contributed by atoms with Crippen molar-refractivity contribution in [3.05, 3.63) is 65.7 Å². The number of pyridine rings is 1. The summed E-state index contributed by atoms with van der Waals surface area (Å²) in [6.07, 6.45) is 3.88. The van der Waals surface area contributed by atoms with E-state index < -0.39 is 10.0 Å². The van der Waals surface area contributed by atoms with E-state index in [4.69, 9.17) is 0 Å². The third-order valence-electron chi connectivity index (χ3n) is 4.36. The summed E-state index contributed by atoms with van der Waals surface area (Å²) in [5.41, 5.74) is 5.00. The Balaban J connectivity index is 1.70. The van der Waals surface area contributed by atoms with Gasteiger partial charge in [-0.05, 0) is 50.6 Å². The number of nitrogens with one attached hydrogen (secondary N) is 2. The van der Waals surface area contributed by atoms with Crippen molar-refractivity contribution in [3.63, 3.8) is 0 Å². The van der Waals surface area contributed by atoms with Crippen molar-refractivity contribution in [3.8, 4) is 11.3 Å². The molecule has 0 amide bonds. The minimum absolute atomic E-state index is 0.177. The van der Waals surface area contributed by atoms with Gasteiger partial charge in [0.2, 0.25) is 0 Å². The van der Waals surface area contributed by atoms with Crippen LogP contribution in [0.25, 0.3) is 16.9 Å². The lowest BCUT2D eigenvalue weighted by Gasteiger charge is -2.09. The summed E-state index contributed by atoms with van der Waals surface area (Å²) in [7, 11) is -3.73. The van der Waals surface area contributed by atoms with E-state index in [9.17, 15) is 8.42 Å². The first-order chi connectivity index (χ1) is 12.8. The number of anilines is 1. The van der Waals surface area contributed by atoms with Gasteiger partial charge in [0.05, 0.1) is 17.1 Å². The first kappa shape index (κ1) is 17.3. The molecule has 0 aliphatic heterocycles. The molecular weight excluding hydrogens is 362 g/mol. The second kappa shape index (κ2) is 6.24. The first-order valence-corrected chi connectivity index (χ1v) is 9.92. The first-order valence-electron chi connectivity index (χ1n) is 8.44. The molecule has 7 nitrogen and oxygen atoms in total. The number of benzene rings is 1. The topological polar surface area (TPSA) is 92.1 Å². The number of aromatic nitrogens is 4. The molecule has 8 heteroatoms. The van der Waals surface area contributed by atoms with Crippen molar-refractivity contribution in [2.75, 3.05) is 4.72 Å². The molecule has 1 aromatic carbocycles. The van der Waals surface area contributed by atoms with Gasteiger partial charge in [0.1, 0.15) is 10.5 Å². The summed E-state index contributed by atoms with van der Waals surface area (Å²) in [6, 6.07) is 11.2. The monoisotopic (exact) mass is 381 g/mol. The van der Waals surface area contributed by atoms with E-state index in [1.54, 1.807) is 32.0 Å². The highest BCUT2D eigenvalue weighted by atomic mass is 32.2. The Morgan fingerprint density at radius 1 is 1.11 bits per heavy atom. The molecule has 0 fully saturated rings. The van der Waals surface area contributed by atoms with Gasteiger partial charge in [-0.25, -0.2) is 13.4 Å². The van der Waals surface area contributed by atoms with E-state index >= 15 is 0 Å². The molecule has 0 radical (unpaired) electrons. The molecule has 0 aliphatic carbocycles. The Bertz CT molecular complexity index is 1230. The number of nitrogens with zero attached hydrogens (tertiary/aromatic N) is 3. The average molecular weight is 381 g/mol. The fourth-order valence-corrected chi connectivity index (χ4v) is 4.53. The third-order valence-corrected chi connectivity index (χ3v) is 6.00. The van der Waals surface area contributed by atoms with E-state index in [2.05, 4.69) is 19.9 Å². The van der Waals surface area contributed by atoms with E-state index in [1.807, 2.05) is 41.9 Å². The molecule has 0 saturated carbocycles. The van der Waals surface area contributed by atoms with Crippen LogP contribution in [0.5, 0.6) is 0 Å². The summed E-state index contributed by atoms with van der Waals surface area (Å²) in [5, 5.41) is 6.67. The highest BCUT2D eigenvalue weighted by molar-refractivity contribution is 7.92. The Labute approximate surface area is 157 Å². The zero-order chi connectivity index (χ0) is 19.2. The largest absolute Gasteiger partial charge is 0.306 e. The van der Waals surface area contributed by atoms with Crippen LogP contribution in [0.1, 0.15) is 17.0 Å². The minimum Gasteiger partial charge on any atom is -0.306 e. The van der Waals surface area contributed by atoms with Gasteiger partial charge in [-0.3, -0.25) is 9.82 Å². The lowest BCUT2D eigenvalue weighted by molar-refractivity contribution is 0.600. The highest BCUT2D eigenvalue weighted by Gasteiger charge is 2.22. The van der Waals surface area contributed by atoms with Crippen molar-refractivity contribution in [2.24, 2.45) is 0 Å². The van der Waals surface area contributed by atoms with Crippen LogP contribution in [0.15, 0.2) is 53.7 Å². The third kappa shape index (κ3) is 3.19. The van der Waals surface area contributed by atoms with E-state index in [-0.39, 0.29) is 4.90 Å². The molecule has 0 unspecified atom stereocenters. The molecule has 3 aromatic heterocycles. The van der Waals surface area contributed by atoms with Crippen LogP contribution in [0.2, 0.25) is 0 Å². The van der Waals surface area contributed by atoms with Crippen molar-refractivity contribution in [1.29, 1.82) is 0 Å². The number of sulfonamides is 1. The quantitative estimate of drug-likeness (QED) is 0.566. The van der Waals surface area contributed by atoms with Gasteiger partial charge in [-0.2, -0.15) is 5.10 Å². The summed E-state index contributed by atoms with van der Waals surface area (Å²) in [6.45, 7) is 5.36. The smallest absolute Gasteiger partial charge is 0.265 e. The molecule has 0 aliphatic rings. The Hall–Kier alpha value is -3.13. The molecule has 2 N–H and O–H groups in total. The summed E-state index contributed by atoms with van der Waals surface area (Å²) < 4.78 is 30.1. The maximum absolute atomic E-state index is 12.7. The van der Waals surface area contributed by atoms with Gasteiger partial charge < -0.3 is 4.40 Å². The van der Waals surface area contributed by atoms with E-state index in [0.717, 1.165) is 22.5 Å². The number of imidazole rings is 1. The zero-order valence-corrected chi connectivity index (χ0v) is 16.0. The van der Waals surface area contributed by atoms with Crippen molar-refractivity contribution in [2.45, 2.75) is 25.7 Å². The predicted octanol–water partition coefficient (Wildman–Crippen LogP) is 3.45. The van der Waals surface area contributed by atoms with Gasteiger partial charge in [-0.1, -0.05) is 12.1 Å². The van der Waals surface area contributed by atoms with Crippen LogP contribution < -0.4 is 4.72 Å². The molecule has 3 heterocycles. The number of aryl methyl sites for hydroxylation is 3. The normalized spacial score (nSPS) is 11.8. The van der Waals surface area contributed by atoms with Gasteiger partial charge in [-0.15, -0.1) is 0 Å². The van der Waals surface area contributed by atoms with Gasteiger partial charge in [0.25, 0.3) is 10.0 Å². The van der Waals surface area contributed by atoms with Crippen LogP contribution in [0, 0.1) is 20.8 Å². The SMILES string of the molecule is Cc1ccn2cc(-c3cccc(NS(=O)(=O)c4c(C)n[nH]c4C)c3)nc2c1. The maximum Gasteiger partial charge on any atom is 0.265 e. The number of aromatic amines is 1. The molecule has 0 bridgehead atoms. The number of fused-ring (bicyclic) bond motifs is 1. The maximum atomic E-state index is 12.7. The molecule has 4 aromatic rings. The molecule has 0 spiro atoms. The fourth-order valence-electron chi connectivity index (χ4n) is 3.11. The van der Waals surface area contributed by atoms with Crippen molar-refractivity contribution in [1.82, 2.24) is 19.6 Å². The van der Waals surface area contributed by atoms with Crippen LogP contribution >= 0.6 is 0 Å².